The maximum atomic E-state index is 12.8. The minimum atomic E-state index is -3.78. The topological polar surface area (TPSA) is 75.7 Å². The average Bonchev–Trinajstić information content (AvgIpc) is 2.64. The first kappa shape index (κ1) is 21.2. The molecule has 2 rings (SSSR count). The van der Waals surface area contributed by atoms with Gasteiger partial charge in [-0.1, -0.05) is 37.6 Å². The van der Waals surface area contributed by atoms with Crippen LogP contribution in [0.15, 0.2) is 47.4 Å². The van der Waals surface area contributed by atoms with E-state index in [0.717, 1.165) is 0 Å². The van der Waals surface area contributed by atoms with E-state index in [1.54, 1.807) is 38.1 Å². The standard InChI is InChI=1S/C19H23ClN2O4S/c1-4-22(5-2)27(24,25)18-13-14(11-12-15(18)20)19(23)21-16-9-7-8-10-17(16)26-6-3/h7-13H,4-6H2,1-3H3,(H,21,23). The molecule has 0 unspecified atom stereocenters. The number of amides is 1. The Morgan fingerprint density at radius 1 is 1.11 bits per heavy atom. The second kappa shape index (κ2) is 9.21. The lowest BCUT2D eigenvalue weighted by Gasteiger charge is -2.19. The Labute approximate surface area is 165 Å². The first-order chi connectivity index (χ1) is 12.8. The normalized spacial score (nSPS) is 11.4. The van der Waals surface area contributed by atoms with Gasteiger partial charge in [0, 0.05) is 18.7 Å². The zero-order valence-corrected chi connectivity index (χ0v) is 17.1. The van der Waals surface area contributed by atoms with E-state index in [1.165, 1.54) is 22.5 Å². The van der Waals surface area contributed by atoms with Crippen LogP contribution in [0.3, 0.4) is 0 Å². The first-order valence-electron chi connectivity index (χ1n) is 8.68. The summed E-state index contributed by atoms with van der Waals surface area (Å²) in [6.07, 6.45) is 0. The van der Waals surface area contributed by atoms with Crippen molar-refractivity contribution in [2.45, 2.75) is 25.7 Å². The highest BCUT2D eigenvalue weighted by Crippen LogP contribution is 2.28. The van der Waals surface area contributed by atoms with Crippen molar-refractivity contribution >= 4 is 33.2 Å². The van der Waals surface area contributed by atoms with E-state index in [1.807, 2.05) is 6.92 Å². The van der Waals surface area contributed by atoms with Crippen LogP contribution in [-0.4, -0.2) is 38.3 Å². The fourth-order valence-electron chi connectivity index (χ4n) is 2.59. The minimum Gasteiger partial charge on any atom is -0.492 e. The van der Waals surface area contributed by atoms with E-state index >= 15 is 0 Å². The molecule has 8 heteroatoms. The number of halogens is 1. The molecule has 0 aromatic heterocycles. The predicted octanol–water partition coefficient (Wildman–Crippen LogP) is 4.02. The van der Waals surface area contributed by atoms with E-state index in [0.29, 0.717) is 31.1 Å². The maximum Gasteiger partial charge on any atom is 0.255 e. The monoisotopic (exact) mass is 410 g/mol. The Bertz CT molecular complexity index is 912. The molecule has 146 valence electrons. The van der Waals surface area contributed by atoms with Gasteiger partial charge in [-0.3, -0.25) is 4.79 Å². The van der Waals surface area contributed by atoms with Crippen molar-refractivity contribution in [2.24, 2.45) is 0 Å². The van der Waals surface area contributed by atoms with Gasteiger partial charge >= 0.3 is 0 Å². The molecular formula is C19H23ClN2O4S. The molecule has 6 nitrogen and oxygen atoms in total. The number of rotatable bonds is 8. The molecule has 0 bridgehead atoms. The Kier molecular flexibility index (Phi) is 7.24. The summed E-state index contributed by atoms with van der Waals surface area (Å²) in [5.74, 6) is 0.0908. The molecule has 0 aliphatic carbocycles. The molecule has 0 aliphatic rings. The Hall–Kier alpha value is -2.09. The van der Waals surface area contributed by atoms with Gasteiger partial charge in [-0.05, 0) is 37.3 Å². The average molecular weight is 411 g/mol. The minimum absolute atomic E-state index is 0.0770. The maximum absolute atomic E-state index is 12.8. The van der Waals surface area contributed by atoms with Gasteiger partial charge in [-0.25, -0.2) is 8.42 Å². The van der Waals surface area contributed by atoms with Crippen LogP contribution < -0.4 is 10.1 Å². The SMILES string of the molecule is CCOc1ccccc1NC(=O)c1ccc(Cl)c(S(=O)(=O)N(CC)CC)c1. The molecular weight excluding hydrogens is 388 g/mol. The summed E-state index contributed by atoms with van der Waals surface area (Å²) < 4.78 is 32.3. The molecule has 0 spiro atoms. The van der Waals surface area contributed by atoms with Gasteiger partial charge in [0.25, 0.3) is 5.91 Å². The quantitative estimate of drug-likeness (QED) is 0.713. The molecule has 27 heavy (non-hydrogen) atoms. The number of benzene rings is 2. The van der Waals surface area contributed by atoms with Gasteiger partial charge in [-0.2, -0.15) is 4.31 Å². The molecule has 0 fully saturated rings. The van der Waals surface area contributed by atoms with Crippen LogP contribution in [-0.2, 0) is 10.0 Å². The highest BCUT2D eigenvalue weighted by atomic mass is 35.5. The van der Waals surface area contributed by atoms with Crippen LogP contribution >= 0.6 is 11.6 Å². The lowest BCUT2D eigenvalue weighted by Crippen LogP contribution is -2.31. The molecule has 0 saturated heterocycles. The molecule has 0 radical (unpaired) electrons. The van der Waals surface area contributed by atoms with Crippen molar-refractivity contribution in [3.8, 4) is 5.75 Å². The number of hydrogen-bond acceptors (Lipinski definition) is 4. The van der Waals surface area contributed by atoms with E-state index in [2.05, 4.69) is 5.32 Å². The number of sulfonamides is 1. The summed E-state index contributed by atoms with van der Waals surface area (Å²) in [5.41, 5.74) is 0.698. The van der Waals surface area contributed by atoms with Crippen LogP contribution in [0.4, 0.5) is 5.69 Å². The third-order valence-corrected chi connectivity index (χ3v) is 6.48. The summed E-state index contributed by atoms with van der Waals surface area (Å²) >= 11 is 6.11. The van der Waals surface area contributed by atoms with Gasteiger partial charge < -0.3 is 10.1 Å². The number of carbonyl (C=O) groups excluding carboxylic acids is 1. The van der Waals surface area contributed by atoms with Crippen molar-refractivity contribution in [3.63, 3.8) is 0 Å². The van der Waals surface area contributed by atoms with Crippen molar-refractivity contribution < 1.29 is 17.9 Å². The van der Waals surface area contributed by atoms with E-state index in [-0.39, 0.29) is 15.5 Å². The van der Waals surface area contributed by atoms with E-state index in [4.69, 9.17) is 16.3 Å². The van der Waals surface area contributed by atoms with E-state index < -0.39 is 15.9 Å². The van der Waals surface area contributed by atoms with Crippen LogP contribution in [0.25, 0.3) is 0 Å². The summed E-state index contributed by atoms with van der Waals surface area (Å²) in [6.45, 7) is 6.43. The molecule has 2 aromatic rings. The van der Waals surface area contributed by atoms with Crippen molar-refractivity contribution in [1.82, 2.24) is 4.31 Å². The second-order valence-electron chi connectivity index (χ2n) is 5.62. The van der Waals surface area contributed by atoms with Crippen LogP contribution in [0, 0.1) is 0 Å². The summed E-state index contributed by atoms with van der Waals surface area (Å²) in [6, 6.07) is 11.2. The fraction of sp³-hybridized carbons (Fsp3) is 0.316. The number of anilines is 1. The molecule has 1 N–H and O–H groups in total. The first-order valence-corrected chi connectivity index (χ1v) is 10.5. The molecule has 0 saturated carbocycles. The van der Waals surface area contributed by atoms with Crippen LogP contribution in [0.1, 0.15) is 31.1 Å². The lowest BCUT2D eigenvalue weighted by molar-refractivity contribution is 0.102. The number of nitrogens with zero attached hydrogens (tertiary/aromatic N) is 1. The molecule has 2 aromatic carbocycles. The second-order valence-corrected chi connectivity index (χ2v) is 7.93. The summed E-state index contributed by atoms with van der Waals surface area (Å²) in [5, 5.41) is 2.83. The predicted molar refractivity (Wildman–Crippen MR) is 107 cm³/mol. The Balaban J connectivity index is 2.37. The van der Waals surface area contributed by atoms with Crippen LogP contribution in [0.5, 0.6) is 5.75 Å². The van der Waals surface area contributed by atoms with Gasteiger partial charge in [-0.15, -0.1) is 0 Å². The number of nitrogens with one attached hydrogen (secondary N) is 1. The molecule has 0 aliphatic heterocycles. The highest BCUT2D eigenvalue weighted by Gasteiger charge is 2.25. The Morgan fingerprint density at radius 3 is 2.41 bits per heavy atom. The van der Waals surface area contributed by atoms with Gasteiger partial charge in [0.2, 0.25) is 10.0 Å². The van der Waals surface area contributed by atoms with Crippen molar-refractivity contribution in [2.75, 3.05) is 25.0 Å². The largest absolute Gasteiger partial charge is 0.492 e. The van der Waals surface area contributed by atoms with Gasteiger partial charge in [0.15, 0.2) is 0 Å². The number of carbonyl (C=O) groups is 1. The number of ether oxygens (including phenoxy) is 1. The number of hydrogen-bond donors (Lipinski definition) is 1. The Morgan fingerprint density at radius 2 is 1.78 bits per heavy atom. The lowest BCUT2D eigenvalue weighted by atomic mass is 10.2. The molecule has 0 atom stereocenters. The van der Waals surface area contributed by atoms with Crippen molar-refractivity contribution in [1.29, 1.82) is 0 Å². The molecule has 1 amide bonds. The zero-order valence-electron chi connectivity index (χ0n) is 15.5. The smallest absolute Gasteiger partial charge is 0.255 e. The summed E-state index contributed by atoms with van der Waals surface area (Å²) in [4.78, 5) is 12.6. The van der Waals surface area contributed by atoms with Gasteiger partial charge in [0.05, 0.1) is 17.3 Å². The molecule has 0 heterocycles. The zero-order chi connectivity index (χ0) is 20.0. The van der Waals surface area contributed by atoms with E-state index in [9.17, 15) is 13.2 Å². The third-order valence-electron chi connectivity index (χ3n) is 3.95. The summed E-state index contributed by atoms with van der Waals surface area (Å²) in [7, 11) is -3.78. The highest BCUT2D eigenvalue weighted by molar-refractivity contribution is 7.89. The third kappa shape index (κ3) is 4.80. The van der Waals surface area contributed by atoms with Crippen LogP contribution in [0.2, 0.25) is 5.02 Å². The van der Waals surface area contributed by atoms with Gasteiger partial charge in [0.1, 0.15) is 10.6 Å². The fourth-order valence-corrected chi connectivity index (χ4v) is 4.55. The van der Waals surface area contributed by atoms with Crippen molar-refractivity contribution in [3.05, 3.63) is 53.1 Å². The number of para-hydroxylation sites is 2.